The number of hydrogen-bond acceptors (Lipinski definition) is 3. The fraction of sp³-hybridized carbons (Fsp3) is 0.474. The Labute approximate surface area is 138 Å². The lowest BCUT2D eigenvalue weighted by atomic mass is 10.1. The quantitative estimate of drug-likeness (QED) is 0.812. The lowest BCUT2D eigenvalue weighted by Crippen LogP contribution is -2.34. The molecule has 4 nitrogen and oxygen atoms in total. The molecule has 3 rings (SSSR count). The molecule has 0 unspecified atom stereocenters. The van der Waals surface area contributed by atoms with Gasteiger partial charge in [0, 0.05) is 5.69 Å². The van der Waals surface area contributed by atoms with Gasteiger partial charge in [0.25, 0.3) is 0 Å². The first-order chi connectivity index (χ1) is 11.1. The monoisotopic (exact) mass is 311 g/mol. The lowest BCUT2D eigenvalue weighted by Gasteiger charge is -2.25. The van der Waals surface area contributed by atoms with Crippen LogP contribution in [0.1, 0.15) is 46.8 Å². The maximum atomic E-state index is 12.7. The molecular formula is C19H25N3O. The number of hydrogen-bond donors (Lipinski definition) is 0. The van der Waals surface area contributed by atoms with E-state index in [-0.39, 0.29) is 5.78 Å². The summed E-state index contributed by atoms with van der Waals surface area (Å²) in [6.07, 6.45) is 3.68. The fourth-order valence-electron chi connectivity index (χ4n) is 3.38. The normalized spacial score (nSPS) is 15.8. The van der Waals surface area contributed by atoms with E-state index in [4.69, 9.17) is 0 Å². The number of ketones is 1. The topological polar surface area (TPSA) is 38.1 Å². The van der Waals surface area contributed by atoms with Gasteiger partial charge < -0.3 is 4.57 Å². The zero-order valence-corrected chi connectivity index (χ0v) is 14.3. The maximum absolute atomic E-state index is 12.7. The summed E-state index contributed by atoms with van der Waals surface area (Å²) >= 11 is 0. The Bertz CT molecular complexity index is 694. The molecule has 1 aliphatic rings. The summed E-state index contributed by atoms with van der Waals surface area (Å²) in [5.41, 5.74) is 3.85. The van der Waals surface area contributed by atoms with Gasteiger partial charge in [-0.3, -0.25) is 9.69 Å². The average Bonchev–Trinajstić information content (AvgIpc) is 2.84. The van der Waals surface area contributed by atoms with Gasteiger partial charge in [-0.1, -0.05) is 24.1 Å². The lowest BCUT2D eigenvalue weighted by molar-refractivity contribution is 0.0910. The highest BCUT2D eigenvalue weighted by Gasteiger charge is 2.21. The number of rotatable bonds is 4. The molecule has 0 N–H and O–H groups in total. The molecule has 0 bridgehead atoms. The van der Waals surface area contributed by atoms with Gasteiger partial charge in [-0.2, -0.15) is 0 Å². The zero-order valence-electron chi connectivity index (χ0n) is 14.3. The minimum atomic E-state index is 0.137. The molecule has 1 fully saturated rings. The van der Waals surface area contributed by atoms with Gasteiger partial charge in [0.1, 0.15) is 11.5 Å². The van der Waals surface area contributed by atoms with Crippen molar-refractivity contribution in [1.29, 1.82) is 0 Å². The van der Waals surface area contributed by atoms with Crippen LogP contribution in [0.3, 0.4) is 0 Å². The fourth-order valence-corrected chi connectivity index (χ4v) is 3.38. The van der Waals surface area contributed by atoms with Crippen LogP contribution in [0, 0.1) is 20.8 Å². The predicted octanol–water partition coefficient (Wildman–Crippen LogP) is 3.47. The molecule has 0 radical (unpaired) electrons. The van der Waals surface area contributed by atoms with E-state index in [1.807, 2.05) is 13.8 Å². The van der Waals surface area contributed by atoms with Crippen molar-refractivity contribution in [3.63, 3.8) is 0 Å². The minimum absolute atomic E-state index is 0.137. The van der Waals surface area contributed by atoms with Gasteiger partial charge >= 0.3 is 0 Å². The molecule has 1 aliphatic heterocycles. The van der Waals surface area contributed by atoms with Crippen LogP contribution < -0.4 is 0 Å². The summed E-state index contributed by atoms with van der Waals surface area (Å²) in [4.78, 5) is 19.5. The predicted molar refractivity (Wildman–Crippen MR) is 92.4 cm³/mol. The van der Waals surface area contributed by atoms with Crippen molar-refractivity contribution in [2.75, 3.05) is 19.6 Å². The molecule has 23 heavy (non-hydrogen) atoms. The number of aryl methyl sites for hydroxylation is 2. The molecule has 0 spiro atoms. The van der Waals surface area contributed by atoms with Crippen molar-refractivity contribution in [2.24, 2.45) is 0 Å². The van der Waals surface area contributed by atoms with Crippen molar-refractivity contribution in [3.05, 3.63) is 47.0 Å². The summed E-state index contributed by atoms with van der Waals surface area (Å²) in [6.45, 7) is 8.58. The molecule has 0 atom stereocenters. The number of benzene rings is 1. The van der Waals surface area contributed by atoms with Gasteiger partial charge in [-0.25, -0.2) is 4.98 Å². The third-order valence-electron chi connectivity index (χ3n) is 4.65. The molecule has 122 valence electrons. The number of carbonyl (C=O) groups excluding carboxylic acids is 1. The zero-order chi connectivity index (χ0) is 16.4. The number of carbonyl (C=O) groups is 1. The van der Waals surface area contributed by atoms with Crippen LogP contribution in [0.4, 0.5) is 0 Å². The SMILES string of the molecule is Cc1ccc(-n2c(C)nc(C(=O)CN3CCCCC3)c2C)cc1. The molecule has 4 heteroatoms. The number of Topliss-reactive ketones (excluding diaryl/α,β-unsaturated/α-hetero) is 1. The standard InChI is InChI=1S/C19H25N3O/c1-14-7-9-17(10-8-14)22-15(2)19(20-16(22)3)18(23)13-21-11-5-4-6-12-21/h7-10H,4-6,11-13H2,1-3H3. The van der Waals surface area contributed by atoms with Gasteiger partial charge in [-0.15, -0.1) is 0 Å². The molecule has 1 saturated heterocycles. The highest BCUT2D eigenvalue weighted by atomic mass is 16.1. The Morgan fingerprint density at radius 2 is 1.70 bits per heavy atom. The van der Waals surface area contributed by atoms with E-state index in [1.165, 1.54) is 24.8 Å². The van der Waals surface area contributed by atoms with Gasteiger partial charge in [0.15, 0.2) is 5.78 Å². The molecule has 2 heterocycles. The second-order valence-electron chi connectivity index (χ2n) is 6.52. The van der Waals surface area contributed by atoms with Gasteiger partial charge in [-0.05, 0) is 58.8 Å². The Balaban J connectivity index is 1.85. The third-order valence-corrected chi connectivity index (χ3v) is 4.65. The summed E-state index contributed by atoms with van der Waals surface area (Å²) < 4.78 is 2.07. The van der Waals surface area contributed by atoms with Crippen LogP contribution in [0.25, 0.3) is 5.69 Å². The number of piperidine rings is 1. The van der Waals surface area contributed by atoms with Crippen LogP contribution in [0.15, 0.2) is 24.3 Å². The summed E-state index contributed by atoms with van der Waals surface area (Å²) in [5.74, 6) is 1.01. The van der Waals surface area contributed by atoms with Crippen LogP contribution in [0.5, 0.6) is 0 Å². The molecule has 2 aromatic rings. The largest absolute Gasteiger partial charge is 0.300 e. The highest BCUT2D eigenvalue weighted by Crippen LogP contribution is 2.19. The van der Waals surface area contributed by atoms with Crippen LogP contribution in [0.2, 0.25) is 0 Å². The molecule has 1 aromatic heterocycles. The Morgan fingerprint density at radius 1 is 1.04 bits per heavy atom. The number of likely N-dealkylation sites (tertiary alicyclic amines) is 1. The van der Waals surface area contributed by atoms with Gasteiger partial charge in [0.05, 0.1) is 12.2 Å². The van der Waals surface area contributed by atoms with Crippen LogP contribution in [-0.2, 0) is 0 Å². The minimum Gasteiger partial charge on any atom is -0.300 e. The maximum Gasteiger partial charge on any atom is 0.196 e. The Hall–Kier alpha value is -1.94. The smallest absolute Gasteiger partial charge is 0.196 e. The van der Waals surface area contributed by atoms with E-state index >= 15 is 0 Å². The number of nitrogens with zero attached hydrogens (tertiary/aromatic N) is 3. The van der Waals surface area contributed by atoms with E-state index in [0.717, 1.165) is 30.3 Å². The summed E-state index contributed by atoms with van der Waals surface area (Å²) in [7, 11) is 0. The van der Waals surface area contributed by atoms with Crippen LogP contribution in [-0.4, -0.2) is 39.9 Å². The molecular weight excluding hydrogens is 286 g/mol. The van der Waals surface area contributed by atoms with E-state index < -0.39 is 0 Å². The Kier molecular flexibility index (Phi) is 4.62. The molecule has 0 amide bonds. The van der Waals surface area contributed by atoms with Crippen molar-refractivity contribution in [1.82, 2.24) is 14.5 Å². The third kappa shape index (κ3) is 3.37. The first-order valence-corrected chi connectivity index (χ1v) is 8.45. The van der Waals surface area contributed by atoms with E-state index in [1.54, 1.807) is 0 Å². The number of imidazole rings is 1. The molecule has 1 aromatic carbocycles. The average molecular weight is 311 g/mol. The second kappa shape index (κ2) is 6.67. The molecule has 0 saturated carbocycles. The number of aromatic nitrogens is 2. The first-order valence-electron chi connectivity index (χ1n) is 8.45. The second-order valence-corrected chi connectivity index (χ2v) is 6.52. The van der Waals surface area contributed by atoms with Gasteiger partial charge in [0.2, 0.25) is 0 Å². The first kappa shape index (κ1) is 15.9. The highest BCUT2D eigenvalue weighted by molar-refractivity contribution is 5.97. The van der Waals surface area contributed by atoms with Crippen LogP contribution >= 0.6 is 0 Å². The van der Waals surface area contributed by atoms with Crippen molar-refractivity contribution in [2.45, 2.75) is 40.0 Å². The van der Waals surface area contributed by atoms with E-state index in [9.17, 15) is 4.79 Å². The van der Waals surface area contributed by atoms with Crippen molar-refractivity contribution in [3.8, 4) is 5.69 Å². The van der Waals surface area contributed by atoms with Crippen molar-refractivity contribution >= 4 is 5.78 Å². The summed E-state index contributed by atoms with van der Waals surface area (Å²) in [6, 6.07) is 8.33. The molecule has 0 aliphatic carbocycles. The van der Waals surface area contributed by atoms with E-state index in [2.05, 4.69) is 45.6 Å². The summed E-state index contributed by atoms with van der Waals surface area (Å²) in [5, 5.41) is 0. The Morgan fingerprint density at radius 3 is 2.35 bits per heavy atom. The van der Waals surface area contributed by atoms with E-state index in [0.29, 0.717) is 12.2 Å². The van der Waals surface area contributed by atoms with Crippen molar-refractivity contribution < 1.29 is 4.79 Å².